The van der Waals surface area contributed by atoms with Gasteiger partial charge >= 0.3 is 0 Å². The molecule has 0 bridgehead atoms. The summed E-state index contributed by atoms with van der Waals surface area (Å²) >= 11 is 0. The van der Waals surface area contributed by atoms with Crippen LogP contribution in [0.5, 0.6) is 0 Å². The fourth-order valence-corrected chi connectivity index (χ4v) is 2.78. The molecule has 0 aromatic carbocycles. The minimum absolute atomic E-state index is 0.497. The standard InChI is InChI=1S/C19H38O/c1-4-6-8-9-10-11-12-13-14-16-19(20)17-18(3)15-7-5-2/h18H,4-17H2,1-3H3. The van der Waals surface area contributed by atoms with E-state index in [1.807, 2.05) is 0 Å². The Labute approximate surface area is 127 Å². The number of ketones is 1. The van der Waals surface area contributed by atoms with Crippen LogP contribution in [0.25, 0.3) is 0 Å². The summed E-state index contributed by atoms with van der Waals surface area (Å²) in [6.45, 7) is 6.71. The third-order valence-electron chi connectivity index (χ3n) is 4.19. The van der Waals surface area contributed by atoms with Crippen molar-refractivity contribution in [3.8, 4) is 0 Å². The summed E-state index contributed by atoms with van der Waals surface area (Å²) in [6, 6.07) is 0. The molecule has 1 heteroatoms. The highest BCUT2D eigenvalue weighted by Gasteiger charge is 2.08. The van der Waals surface area contributed by atoms with E-state index >= 15 is 0 Å². The van der Waals surface area contributed by atoms with E-state index in [1.165, 1.54) is 70.6 Å². The van der Waals surface area contributed by atoms with Gasteiger partial charge in [0, 0.05) is 12.8 Å². The van der Waals surface area contributed by atoms with E-state index in [-0.39, 0.29) is 0 Å². The third-order valence-corrected chi connectivity index (χ3v) is 4.19. The van der Waals surface area contributed by atoms with Crippen molar-refractivity contribution in [2.24, 2.45) is 5.92 Å². The van der Waals surface area contributed by atoms with Gasteiger partial charge in [0.25, 0.3) is 0 Å². The largest absolute Gasteiger partial charge is 0.300 e. The lowest BCUT2D eigenvalue weighted by Crippen LogP contribution is -2.05. The summed E-state index contributed by atoms with van der Waals surface area (Å²) in [4.78, 5) is 11.8. The van der Waals surface area contributed by atoms with Gasteiger partial charge in [-0.05, 0) is 12.3 Å². The number of hydrogen-bond acceptors (Lipinski definition) is 1. The zero-order valence-electron chi connectivity index (χ0n) is 14.4. The van der Waals surface area contributed by atoms with Gasteiger partial charge in [-0.2, -0.15) is 0 Å². The summed E-state index contributed by atoms with van der Waals surface area (Å²) in [5.41, 5.74) is 0. The molecule has 0 radical (unpaired) electrons. The zero-order chi connectivity index (χ0) is 15.1. The highest BCUT2D eigenvalue weighted by molar-refractivity contribution is 5.78. The van der Waals surface area contributed by atoms with Crippen LogP contribution < -0.4 is 0 Å². The van der Waals surface area contributed by atoms with Gasteiger partial charge in [0.05, 0.1) is 0 Å². The first-order valence-electron chi connectivity index (χ1n) is 9.22. The summed E-state index contributed by atoms with van der Waals surface area (Å²) in [7, 11) is 0. The Hall–Kier alpha value is -0.330. The molecule has 1 nitrogen and oxygen atoms in total. The van der Waals surface area contributed by atoms with Gasteiger partial charge in [-0.25, -0.2) is 0 Å². The minimum atomic E-state index is 0.497. The lowest BCUT2D eigenvalue weighted by atomic mass is 9.96. The SMILES string of the molecule is CCCCCCCCCCCC(=O)CC(C)CCCC. The van der Waals surface area contributed by atoms with Crippen molar-refractivity contribution in [2.75, 3.05) is 0 Å². The third kappa shape index (κ3) is 14.1. The van der Waals surface area contributed by atoms with Crippen molar-refractivity contribution in [1.29, 1.82) is 0 Å². The molecule has 120 valence electrons. The molecule has 0 aromatic heterocycles. The molecular formula is C19H38O. The number of Topliss-reactive ketones (excluding diaryl/α,β-unsaturated/α-hetero) is 1. The molecule has 0 heterocycles. The Balaban J connectivity index is 3.26. The first-order valence-corrected chi connectivity index (χ1v) is 9.22. The molecule has 0 amide bonds. The van der Waals surface area contributed by atoms with Crippen molar-refractivity contribution in [1.82, 2.24) is 0 Å². The van der Waals surface area contributed by atoms with Crippen LogP contribution >= 0.6 is 0 Å². The fourth-order valence-electron chi connectivity index (χ4n) is 2.78. The molecule has 0 saturated carbocycles. The van der Waals surface area contributed by atoms with Crippen LogP contribution in [0.15, 0.2) is 0 Å². The Morgan fingerprint density at radius 1 is 0.750 bits per heavy atom. The molecule has 0 aliphatic heterocycles. The van der Waals surface area contributed by atoms with E-state index in [4.69, 9.17) is 0 Å². The minimum Gasteiger partial charge on any atom is -0.300 e. The van der Waals surface area contributed by atoms with E-state index in [9.17, 15) is 4.79 Å². The van der Waals surface area contributed by atoms with E-state index in [0.717, 1.165) is 19.3 Å². The number of carbonyl (C=O) groups excluding carboxylic acids is 1. The molecule has 1 unspecified atom stereocenters. The van der Waals surface area contributed by atoms with Crippen molar-refractivity contribution in [2.45, 2.75) is 111 Å². The summed E-state index contributed by atoms with van der Waals surface area (Å²) < 4.78 is 0. The Bertz CT molecular complexity index is 210. The monoisotopic (exact) mass is 282 g/mol. The predicted molar refractivity (Wildman–Crippen MR) is 90.2 cm³/mol. The maximum Gasteiger partial charge on any atom is 0.133 e. The number of carbonyl (C=O) groups is 1. The highest BCUT2D eigenvalue weighted by Crippen LogP contribution is 2.15. The van der Waals surface area contributed by atoms with E-state index < -0.39 is 0 Å². The second-order valence-corrected chi connectivity index (χ2v) is 6.57. The molecular weight excluding hydrogens is 244 g/mol. The second kappa shape index (κ2) is 15.1. The van der Waals surface area contributed by atoms with Crippen LogP contribution in [-0.2, 0) is 4.79 Å². The fraction of sp³-hybridized carbons (Fsp3) is 0.947. The maximum atomic E-state index is 11.8. The van der Waals surface area contributed by atoms with Crippen molar-refractivity contribution in [3.05, 3.63) is 0 Å². The second-order valence-electron chi connectivity index (χ2n) is 6.57. The maximum absolute atomic E-state index is 11.8. The first-order chi connectivity index (χ1) is 9.70. The molecule has 0 N–H and O–H groups in total. The van der Waals surface area contributed by atoms with Crippen LogP contribution in [0.1, 0.15) is 111 Å². The Morgan fingerprint density at radius 3 is 1.80 bits per heavy atom. The van der Waals surface area contributed by atoms with Gasteiger partial charge in [-0.15, -0.1) is 0 Å². The lowest BCUT2D eigenvalue weighted by Gasteiger charge is -2.09. The lowest BCUT2D eigenvalue weighted by molar-refractivity contribution is -0.120. The van der Waals surface area contributed by atoms with Crippen molar-refractivity contribution in [3.63, 3.8) is 0 Å². The van der Waals surface area contributed by atoms with Crippen LogP contribution in [0, 0.1) is 5.92 Å². The molecule has 1 atom stereocenters. The van der Waals surface area contributed by atoms with Gasteiger partial charge in [-0.1, -0.05) is 91.4 Å². The van der Waals surface area contributed by atoms with Crippen molar-refractivity contribution < 1.29 is 4.79 Å². The topological polar surface area (TPSA) is 17.1 Å². The highest BCUT2D eigenvalue weighted by atomic mass is 16.1. The van der Waals surface area contributed by atoms with Gasteiger partial charge in [-0.3, -0.25) is 4.79 Å². The summed E-state index contributed by atoms with van der Waals surface area (Å²) in [6.07, 6.45) is 17.4. The molecule has 0 aliphatic carbocycles. The van der Waals surface area contributed by atoms with Crippen molar-refractivity contribution >= 4 is 5.78 Å². The summed E-state index contributed by atoms with van der Waals surface area (Å²) in [5, 5.41) is 0. The molecule has 0 aliphatic rings. The zero-order valence-corrected chi connectivity index (χ0v) is 14.4. The van der Waals surface area contributed by atoms with Crippen LogP contribution in [-0.4, -0.2) is 5.78 Å². The Morgan fingerprint density at radius 2 is 1.25 bits per heavy atom. The Kier molecular flexibility index (Phi) is 14.8. The summed E-state index contributed by atoms with van der Waals surface area (Å²) in [5.74, 6) is 1.09. The van der Waals surface area contributed by atoms with E-state index in [0.29, 0.717) is 11.7 Å². The van der Waals surface area contributed by atoms with Gasteiger partial charge < -0.3 is 0 Å². The van der Waals surface area contributed by atoms with Gasteiger partial charge in [0.2, 0.25) is 0 Å². The molecule has 0 spiro atoms. The molecule has 20 heavy (non-hydrogen) atoms. The predicted octanol–water partition coefficient (Wildman–Crippen LogP) is 6.69. The van der Waals surface area contributed by atoms with Crippen LogP contribution in [0.4, 0.5) is 0 Å². The number of rotatable bonds is 15. The molecule has 0 fully saturated rings. The average Bonchev–Trinajstić information content (AvgIpc) is 2.43. The quantitative estimate of drug-likeness (QED) is 0.306. The van der Waals surface area contributed by atoms with E-state index in [2.05, 4.69) is 20.8 Å². The first kappa shape index (κ1) is 19.7. The molecule has 0 aromatic rings. The van der Waals surface area contributed by atoms with E-state index in [1.54, 1.807) is 0 Å². The van der Waals surface area contributed by atoms with Gasteiger partial charge in [0.1, 0.15) is 5.78 Å². The van der Waals surface area contributed by atoms with Crippen LogP contribution in [0.3, 0.4) is 0 Å². The van der Waals surface area contributed by atoms with Gasteiger partial charge in [0.15, 0.2) is 0 Å². The van der Waals surface area contributed by atoms with Crippen LogP contribution in [0.2, 0.25) is 0 Å². The number of unbranched alkanes of at least 4 members (excludes halogenated alkanes) is 9. The average molecular weight is 283 g/mol. The normalized spacial score (nSPS) is 12.6. The molecule has 0 rings (SSSR count). The number of hydrogen-bond donors (Lipinski definition) is 0. The smallest absolute Gasteiger partial charge is 0.133 e. The molecule has 0 saturated heterocycles.